The van der Waals surface area contributed by atoms with E-state index in [1.165, 1.54) is 21.5 Å². The fourth-order valence-corrected chi connectivity index (χ4v) is 7.42. The lowest BCUT2D eigenvalue weighted by Crippen LogP contribution is -1.98. The van der Waals surface area contributed by atoms with E-state index in [1.807, 2.05) is 49.1 Å². The lowest BCUT2D eigenvalue weighted by atomic mass is 9.91. The molecule has 0 fully saturated rings. The number of pyridine rings is 2. The third kappa shape index (κ3) is 5.86. The standard InChI is InChI=1S/C50H32N4/c1-3-7-41-29-43(19-13-33(41)5-1)45-31-46(44-20-14-34-6-2-4-8-42(34)30-44)49-47(32-45)48(39-15-9-35(10-16-39)37-21-25-51-26-22-37)53-50(54-49)40-17-11-36(12-18-40)38-23-27-52-28-24-38/h1-32H. The van der Waals surface area contributed by atoms with Gasteiger partial charge in [-0.25, -0.2) is 9.97 Å². The fourth-order valence-electron chi connectivity index (χ4n) is 7.42. The molecule has 4 nitrogen and oxygen atoms in total. The first kappa shape index (κ1) is 31.4. The summed E-state index contributed by atoms with van der Waals surface area (Å²) in [4.78, 5) is 19.2. The zero-order chi connectivity index (χ0) is 35.8. The van der Waals surface area contributed by atoms with Crippen molar-refractivity contribution >= 4 is 32.4 Å². The summed E-state index contributed by atoms with van der Waals surface area (Å²) in [6.45, 7) is 0. The average molecular weight is 689 g/mol. The Labute approximate surface area is 313 Å². The second-order valence-corrected chi connectivity index (χ2v) is 13.6. The van der Waals surface area contributed by atoms with E-state index >= 15 is 0 Å². The van der Waals surface area contributed by atoms with Crippen LogP contribution in [0.2, 0.25) is 0 Å². The zero-order valence-corrected chi connectivity index (χ0v) is 29.3. The van der Waals surface area contributed by atoms with E-state index in [1.54, 1.807) is 0 Å². The third-order valence-corrected chi connectivity index (χ3v) is 10.3. The zero-order valence-electron chi connectivity index (χ0n) is 29.3. The molecule has 0 spiro atoms. The number of rotatable bonds is 6. The van der Waals surface area contributed by atoms with E-state index in [-0.39, 0.29) is 0 Å². The first-order valence-corrected chi connectivity index (χ1v) is 18.1. The topological polar surface area (TPSA) is 51.6 Å². The number of aromatic nitrogens is 4. The van der Waals surface area contributed by atoms with Crippen molar-refractivity contribution in [1.29, 1.82) is 0 Å². The first-order valence-electron chi connectivity index (χ1n) is 18.1. The molecule has 252 valence electrons. The van der Waals surface area contributed by atoms with E-state index in [9.17, 15) is 0 Å². The summed E-state index contributed by atoms with van der Waals surface area (Å²) in [5, 5.41) is 5.81. The predicted octanol–water partition coefficient (Wildman–Crippen LogP) is 12.7. The molecule has 10 rings (SSSR count). The SMILES string of the molecule is c1ccc2cc(-c3cc(-c4ccc5ccccc5c4)c4nc(-c5ccc(-c6ccncc6)cc5)nc(-c5ccc(-c6ccncc6)cc5)c4c3)ccc2c1. The molecule has 0 aliphatic rings. The van der Waals surface area contributed by atoms with Gasteiger partial charge in [-0.3, -0.25) is 9.97 Å². The number of hydrogen-bond acceptors (Lipinski definition) is 4. The summed E-state index contributed by atoms with van der Waals surface area (Å²) in [6.07, 6.45) is 7.30. The molecule has 0 radical (unpaired) electrons. The van der Waals surface area contributed by atoms with Gasteiger partial charge in [0.15, 0.2) is 5.82 Å². The predicted molar refractivity (Wildman–Crippen MR) is 223 cm³/mol. The highest BCUT2D eigenvalue weighted by Gasteiger charge is 2.18. The molecule has 0 saturated carbocycles. The summed E-state index contributed by atoms with van der Waals surface area (Å²) < 4.78 is 0. The normalized spacial score (nSPS) is 11.3. The first-order chi connectivity index (χ1) is 26.7. The molecular weight excluding hydrogens is 657 g/mol. The van der Waals surface area contributed by atoms with Crippen LogP contribution in [-0.2, 0) is 0 Å². The number of fused-ring (bicyclic) bond motifs is 3. The molecule has 4 heteroatoms. The van der Waals surface area contributed by atoms with Gasteiger partial charge in [-0.05, 0) is 109 Å². The molecule has 54 heavy (non-hydrogen) atoms. The van der Waals surface area contributed by atoms with Crippen LogP contribution in [-0.4, -0.2) is 19.9 Å². The van der Waals surface area contributed by atoms with Gasteiger partial charge in [0.2, 0.25) is 0 Å². The lowest BCUT2D eigenvalue weighted by Gasteiger charge is -2.16. The van der Waals surface area contributed by atoms with Crippen molar-refractivity contribution in [2.75, 3.05) is 0 Å². The summed E-state index contributed by atoms with van der Waals surface area (Å²) in [5.74, 6) is 0.678. The van der Waals surface area contributed by atoms with Gasteiger partial charge < -0.3 is 0 Å². The van der Waals surface area contributed by atoms with Gasteiger partial charge in [-0.15, -0.1) is 0 Å². The Balaban J connectivity index is 1.23. The molecule has 3 aromatic heterocycles. The summed E-state index contributed by atoms with van der Waals surface area (Å²) in [7, 11) is 0. The largest absolute Gasteiger partial charge is 0.265 e. The molecule has 0 aliphatic heterocycles. The van der Waals surface area contributed by atoms with Gasteiger partial charge in [0.1, 0.15) is 0 Å². The Morgan fingerprint density at radius 1 is 0.296 bits per heavy atom. The van der Waals surface area contributed by atoms with E-state index in [0.29, 0.717) is 5.82 Å². The van der Waals surface area contributed by atoms with Crippen molar-refractivity contribution < 1.29 is 0 Å². The van der Waals surface area contributed by atoms with E-state index < -0.39 is 0 Å². The molecule has 0 bridgehead atoms. The van der Waals surface area contributed by atoms with Gasteiger partial charge >= 0.3 is 0 Å². The summed E-state index contributed by atoms with van der Waals surface area (Å²) >= 11 is 0. The number of hydrogen-bond donors (Lipinski definition) is 0. The minimum Gasteiger partial charge on any atom is -0.265 e. The van der Waals surface area contributed by atoms with Crippen LogP contribution in [0, 0.1) is 0 Å². The Morgan fingerprint density at radius 3 is 1.35 bits per heavy atom. The Morgan fingerprint density at radius 2 is 0.759 bits per heavy atom. The van der Waals surface area contributed by atoms with Crippen molar-refractivity contribution in [1.82, 2.24) is 19.9 Å². The average Bonchev–Trinajstić information content (AvgIpc) is 3.26. The molecule has 3 heterocycles. The maximum atomic E-state index is 5.41. The number of nitrogens with zero attached hydrogens (tertiary/aromatic N) is 4. The highest BCUT2D eigenvalue weighted by Crippen LogP contribution is 2.40. The Hall–Kier alpha value is -7.30. The van der Waals surface area contributed by atoms with Gasteiger partial charge in [0, 0.05) is 46.9 Å². The van der Waals surface area contributed by atoms with E-state index in [2.05, 4.69) is 156 Å². The van der Waals surface area contributed by atoms with Gasteiger partial charge in [0.25, 0.3) is 0 Å². The minimum absolute atomic E-state index is 0.678. The highest BCUT2D eigenvalue weighted by molar-refractivity contribution is 6.06. The van der Waals surface area contributed by atoms with Crippen LogP contribution in [0.1, 0.15) is 0 Å². The maximum absolute atomic E-state index is 5.41. The molecule has 0 unspecified atom stereocenters. The van der Waals surface area contributed by atoms with Crippen molar-refractivity contribution in [2.24, 2.45) is 0 Å². The van der Waals surface area contributed by atoms with Crippen molar-refractivity contribution in [2.45, 2.75) is 0 Å². The smallest absolute Gasteiger partial charge is 0.160 e. The van der Waals surface area contributed by atoms with Crippen molar-refractivity contribution in [3.8, 4) is 67.2 Å². The van der Waals surface area contributed by atoms with E-state index in [4.69, 9.17) is 9.97 Å². The third-order valence-electron chi connectivity index (χ3n) is 10.3. The second-order valence-electron chi connectivity index (χ2n) is 13.6. The van der Waals surface area contributed by atoms with Crippen LogP contribution in [0.15, 0.2) is 195 Å². The van der Waals surface area contributed by atoms with Crippen molar-refractivity contribution in [3.05, 3.63) is 195 Å². The van der Waals surface area contributed by atoms with Crippen LogP contribution in [0.25, 0.3) is 99.6 Å². The molecular formula is C50H32N4. The van der Waals surface area contributed by atoms with Crippen LogP contribution < -0.4 is 0 Å². The highest BCUT2D eigenvalue weighted by atomic mass is 14.9. The Bertz CT molecular complexity index is 2960. The summed E-state index contributed by atoms with van der Waals surface area (Å²) in [5.41, 5.74) is 12.7. The second kappa shape index (κ2) is 13.4. The molecule has 7 aromatic carbocycles. The van der Waals surface area contributed by atoms with Gasteiger partial charge in [0.05, 0.1) is 11.2 Å². The molecule has 10 aromatic rings. The van der Waals surface area contributed by atoms with Crippen LogP contribution >= 0.6 is 0 Å². The molecule has 0 N–H and O–H groups in total. The van der Waals surface area contributed by atoms with Crippen LogP contribution in [0.5, 0.6) is 0 Å². The lowest BCUT2D eigenvalue weighted by molar-refractivity contribution is 1.23. The number of benzene rings is 7. The maximum Gasteiger partial charge on any atom is 0.160 e. The van der Waals surface area contributed by atoms with Gasteiger partial charge in [-0.1, -0.05) is 121 Å². The fraction of sp³-hybridized carbons (Fsp3) is 0. The summed E-state index contributed by atoms with van der Waals surface area (Å²) in [6, 6.07) is 60.3. The van der Waals surface area contributed by atoms with Crippen molar-refractivity contribution in [3.63, 3.8) is 0 Å². The quantitative estimate of drug-likeness (QED) is 0.174. The van der Waals surface area contributed by atoms with Gasteiger partial charge in [-0.2, -0.15) is 0 Å². The molecule has 0 aliphatic carbocycles. The Kier molecular flexibility index (Phi) is 7.77. The molecule has 0 atom stereocenters. The van der Waals surface area contributed by atoms with E-state index in [0.717, 1.165) is 72.2 Å². The molecule has 0 amide bonds. The van der Waals surface area contributed by atoms with Crippen LogP contribution in [0.3, 0.4) is 0 Å². The minimum atomic E-state index is 0.678. The molecule has 0 saturated heterocycles. The van der Waals surface area contributed by atoms with Crippen LogP contribution in [0.4, 0.5) is 0 Å². The monoisotopic (exact) mass is 688 g/mol.